The zero-order chi connectivity index (χ0) is 13.5. The van der Waals surface area contributed by atoms with Gasteiger partial charge in [0.1, 0.15) is 0 Å². The Hall–Kier alpha value is -1.93. The minimum absolute atomic E-state index is 0.0326. The van der Waals surface area contributed by atoms with E-state index in [1.165, 1.54) is 26.2 Å². The Labute approximate surface area is 109 Å². The molecule has 0 aliphatic heterocycles. The van der Waals surface area contributed by atoms with Crippen LogP contribution >= 0.6 is 11.8 Å². The number of aldehydes is 1. The predicted molar refractivity (Wildman–Crippen MR) is 70.1 cm³/mol. The number of hydrogen-bond donors (Lipinski definition) is 1. The van der Waals surface area contributed by atoms with Gasteiger partial charge in [-0.2, -0.15) is 0 Å². The number of hydrogen-bond acceptors (Lipinski definition) is 5. The van der Waals surface area contributed by atoms with E-state index in [4.69, 9.17) is 4.74 Å². The fourth-order valence-electron chi connectivity index (χ4n) is 1.24. The Morgan fingerprint density at radius 1 is 1.56 bits per heavy atom. The molecule has 0 unspecified atom stereocenters. The molecule has 1 rings (SSSR count). The van der Waals surface area contributed by atoms with Crippen molar-refractivity contribution in [1.82, 2.24) is 0 Å². The van der Waals surface area contributed by atoms with Crippen LogP contribution in [0.2, 0.25) is 0 Å². The van der Waals surface area contributed by atoms with Crippen molar-refractivity contribution in [3.05, 3.63) is 23.3 Å². The molecule has 0 aliphatic rings. The molecule has 0 aromatic heterocycles. The van der Waals surface area contributed by atoms with Crippen molar-refractivity contribution < 1.29 is 19.4 Å². The minimum atomic E-state index is -0.164. The average molecular weight is 264 g/mol. The number of thioether (sulfide) groups is 1. The highest BCUT2D eigenvalue weighted by Crippen LogP contribution is 2.30. The summed E-state index contributed by atoms with van der Waals surface area (Å²) in [5.41, 5.74) is 0.502. The van der Waals surface area contributed by atoms with Crippen LogP contribution in [-0.2, 0) is 4.79 Å². The molecular formula is C13H12O4S. The van der Waals surface area contributed by atoms with E-state index >= 15 is 0 Å². The standard InChI is InChI=1S/C13H12O4S/c1-9(15)18-7-3-4-11-10(8-14)5-6-12(17-2)13(11)16/h5-6,8,16H,7H2,1-2H3. The Morgan fingerprint density at radius 2 is 2.28 bits per heavy atom. The summed E-state index contributed by atoms with van der Waals surface area (Å²) >= 11 is 1.07. The molecule has 0 aliphatic carbocycles. The maximum Gasteiger partial charge on any atom is 0.186 e. The second-order valence-electron chi connectivity index (χ2n) is 3.28. The summed E-state index contributed by atoms with van der Waals surface area (Å²) in [7, 11) is 1.42. The molecule has 0 saturated carbocycles. The van der Waals surface area contributed by atoms with Crippen LogP contribution in [0.5, 0.6) is 11.5 Å². The van der Waals surface area contributed by atoms with Crippen LogP contribution in [0, 0.1) is 11.8 Å². The number of rotatable bonds is 3. The third-order valence-electron chi connectivity index (χ3n) is 2.08. The van der Waals surface area contributed by atoms with Gasteiger partial charge >= 0.3 is 0 Å². The Balaban J connectivity index is 3.05. The second kappa shape index (κ2) is 6.72. The van der Waals surface area contributed by atoms with Crippen LogP contribution < -0.4 is 4.74 Å². The van der Waals surface area contributed by atoms with Gasteiger partial charge in [-0.15, -0.1) is 0 Å². The van der Waals surface area contributed by atoms with Gasteiger partial charge in [0, 0.05) is 12.5 Å². The van der Waals surface area contributed by atoms with E-state index in [-0.39, 0.29) is 27.7 Å². The van der Waals surface area contributed by atoms with Gasteiger partial charge in [0.25, 0.3) is 0 Å². The predicted octanol–water partition coefficient (Wildman–Crippen LogP) is 1.84. The van der Waals surface area contributed by atoms with Gasteiger partial charge in [0.15, 0.2) is 22.9 Å². The highest BCUT2D eigenvalue weighted by molar-refractivity contribution is 8.13. The summed E-state index contributed by atoms with van der Waals surface area (Å²) in [5, 5.41) is 9.82. The molecule has 94 valence electrons. The van der Waals surface area contributed by atoms with Crippen molar-refractivity contribution in [3.63, 3.8) is 0 Å². The van der Waals surface area contributed by atoms with E-state index in [0.717, 1.165) is 11.8 Å². The van der Waals surface area contributed by atoms with Gasteiger partial charge in [-0.3, -0.25) is 9.59 Å². The van der Waals surface area contributed by atoms with Crippen molar-refractivity contribution >= 4 is 23.2 Å². The number of carbonyl (C=O) groups excluding carboxylic acids is 2. The quantitative estimate of drug-likeness (QED) is 0.666. The summed E-state index contributed by atoms with van der Waals surface area (Å²) < 4.78 is 4.94. The molecule has 18 heavy (non-hydrogen) atoms. The number of ether oxygens (including phenoxy) is 1. The molecule has 0 atom stereocenters. The third kappa shape index (κ3) is 3.54. The molecular weight excluding hydrogens is 252 g/mol. The molecule has 1 aromatic carbocycles. The smallest absolute Gasteiger partial charge is 0.186 e. The van der Waals surface area contributed by atoms with E-state index in [1.54, 1.807) is 0 Å². The first kappa shape index (κ1) is 14.1. The van der Waals surface area contributed by atoms with E-state index in [2.05, 4.69) is 11.8 Å². The number of phenolic OH excluding ortho intramolecular Hbond substituents is 1. The first-order valence-electron chi connectivity index (χ1n) is 5.07. The summed E-state index contributed by atoms with van der Waals surface area (Å²) in [6, 6.07) is 3.02. The molecule has 0 fully saturated rings. The summed E-state index contributed by atoms with van der Waals surface area (Å²) in [5.74, 6) is 5.80. The molecule has 5 heteroatoms. The van der Waals surface area contributed by atoms with Crippen molar-refractivity contribution in [3.8, 4) is 23.3 Å². The number of methoxy groups -OCH3 is 1. The number of benzene rings is 1. The fraction of sp³-hybridized carbons (Fsp3) is 0.231. The largest absolute Gasteiger partial charge is 0.503 e. The van der Waals surface area contributed by atoms with Crippen LogP contribution in [0.3, 0.4) is 0 Å². The zero-order valence-corrected chi connectivity index (χ0v) is 10.8. The normalized spacial score (nSPS) is 9.22. The molecule has 0 amide bonds. The van der Waals surface area contributed by atoms with Gasteiger partial charge in [-0.05, 0) is 12.1 Å². The van der Waals surface area contributed by atoms with E-state index in [1.807, 2.05) is 0 Å². The van der Waals surface area contributed by atoms with Crippen LogP contribution in [0.4, 0.5) is 0 Å². The lowest BCUT2D eigenvalue weighted by atomic mass is 10.1. The molecule has 0 radical (unpaired) electrons. The highest BCUT2D eigenvalue weighted by Gasteiger charge is 2.10. The molecule has 0 saturated heterocycles. The molecule has 0 heterocycles. The van der Waals surface area contributed by atoms with Crippen LogP contribution in [0.25, 0.3) is 0 Å². The first-order valence-corrected chi connectivity index (χ1v) is 6.06. The number of carbonyl (C=O) groups is 2. The van der Waals surface area contributed by atoms with Crippen molar-refractivity contribution in [1.29, 1.82) is 0 Å². The second-order valence-corrected chi connectivity index (χ2v) is 4.43. The molecule has 4 nitrogen and oxygen atoms in total. The summed E-state index contributed by atoms with van der Waals surface area (Å²) in [6.07, 6.45) is 0.612. The molecule has 0 bridgehead atoms. The van der Waals surface area contributed by atoms with Gasteiger partial charge in [0.2, 0.25) is 0 Å². The zero-order valence-electron chi connectivity index (χ0n) is 10.0. The van der Waals surface area contributed by atoms with Crippen LogP contribution in [0.1, 0.15) is 22.8 Å². The Kier molecular flexibility index (Phi) is 5.28. The highest BCUT2D eigenvalue weighted by atomic mass is 32.2. The van der Waals surface area contributed by atoms with Crippen molar-refractivity contribution in [2.24, 2.45) is 0 Å². The van der Waals surface area contributed by atoms with Gasteiger partial charge in [-0.1, -0.05) is 23.6 Å². The molecule has 0 spiro atoms. The maximum absolute atomic E-state index is 10.8. The van der Waals surface area contributed by atoms with Crippen molar-refractivity contribution in [2.45, 2.75) is 6.92 Å². The maximum atomic E-state index is 10.8. The molecule has 1 N–H and O–H groups in total. The minimum Gasteiger partial charge on any atom is -0.503 e. The van der Waals surface area contributed by atoms with Crippen LogP contribution in [0.15, 0.2) is 12.1 Å². The average Bonchev–Trinajstić information content (AvgIpc) is 2.35. The number of aromatic hydroxyl groups is 1. The SMILES string of the molecule is COc1ccc(C=O)c(C#CCSC(C)=O)c1O. The van der Waals surface area contributed by atoms with E-state index < -0.39 is 0 Å². The van der Waals surface area contributed by atoms with Gasteiger partial charge < -0.3 is 9.84 Å². The third-order valence-corrected chi connectivity index (χ3v) is 2.78. The Morgan fingerprint density at radius 3 is 2.83 bits per heavy atom. The monoisotopic (exact) mass is 264 g/mol. The lowest BCUT2D eigenvalue weighted by molar-refractivity contribution is -0.109. The van der Waals surface area contributed by atoms with Gasteiger partial charge in [-0.25, -0.2) is 0 Å². The van der Waals surface area contributed by atoms with Gasteiger partial charge in [0.05, 0.1) is 18.4 Å². The lowest BCUT2D eigenvalue weighted by Crippen LogP contribution is -1.92. The number of phenols is 1. The lowest BCUT2D eigenvalue weighted by Gasteiger charge is -2.06. The first-order chi connectivity index (χ1) is 8.60. The molecule has 1 aromatic rings. The van der Waals surface area contributed by atoms with E-state index in [0.29, 0.717) is 12.0 Å². The van der Waals surface area contributed by atoms with Crippen LogP contribution in [-0.4, -0.2) is 29.4 Å². The van der Waals surface area contributed by atoms with Crippen molar-refractivity contribution in [2.75, 3.05) is 12.9 Å². The topological polar surface area (TPSA) is 63.6 Å². The van der Waals surface area contributed by atoms with E-state index in [9.17, 15) is 14.7 Å². The summed E-state index contributed by atoms with van der Waals surface area (Å²) in [6.45, 7) is 1.45. The Bertz CT molecular complexity index is 526. The fourth-order valence-corrected chi connectivity index (χ4v) is 1.59. The summed E-state index contributed by atoms with van der Waals surface area (Å²) in [4.78, 5) is 21.6.